The van der Waals surface area contributed by atoms with Gasteiger partial charge in [0, 0.05) is 24.7 Å². The molecule has 0 saturated carbocycles. The zero-order valence-corrected chi connectivity index (χ0v) is 20.0. The van der Waals surface area contributed by atoms with Crippen molar-refractivity contribution in [3.8, 4) is 11.5 Å². The van der Waals surface area contributed by atoms with Crippen LogP contribution in [0.15, 0.2) is 60.7 Å². The summed E-state index contributed by atoms with van der Waals surface area (Å²) < 4.78 is 54.7. The fourth-order valence-corrected chi connectivity index (χ4v) is 4.50. The summed E-state index contributed by atoms with van der Waals surface area (Å²) in [6.45, 7) is 5.85. The third kappa shape index (κ3) is 5.20. The fraction of sp³-hybridized carbons (Fsp3) is 0.321. The number of nitrogens with zero attached hydrogens (tertiary/aromatic N) is 1. The molecule has 184 valence electrons. The lowest BCUT2D eigenvalue weighted by atomic mass is 9.91. The van der Waals surface area contributed by atoms with Crippen LogP contribution in [0, 0.1) is 6.92 Å². The molecule has 1 aliphatic rings. The molecule has 0 bridgehead atoms. The van der Waals surface area contributed by atoms with Crippen molar-refractivity contribution < 1.29 is 27.4 Å². The highest BCUT2D eigenvalue weighted by Crippen LogP contribution is 2.46. The maximum Gasteiger partial charge on any atom is 0.417 e. The molecular formula is C28H28F3NO3. The van der Waals surface area contributed by atoms with Gasteiger partial charge in [0.2, 0.25) is 0 Å². The minimum Gasteiger partial charge on any atom is -0.488 e. The Hall–Kier alpha value is -3.32. The molecule has 0 amide bonds. The van der Waals surface area contributed by atoms with Crippen LogP contribution in [0.4, 0.5) is 13.2 Å². The van der Waals surface area contributed by atoms with Gasteiger partial charge in [-0.25, -0.2) is 4.79 Å². The van der Waals surface area contributed by atoms with Gasteiger partial charge in [-0.05, 0) is 49.1 Å². The van der Waals surface area contributed by atoms with Gasteiger partial charge in [0.25, 0.3) is 0 Å². The van der Waals surface area contributed by atoms with E-state index >= 15 is 0 Å². The quantitative estimate of drug-likeness (QED) is 0.270. The van der Waals surface area contributed by atoms with Crippen molar-refractivity contribution in [2.45, 2.75) is 59.1 Å². The number of carbonyl (C=O) groups excluding carboxylic acids is 1. The van der Waals surface area contributed by atoms with Gasteiger partial charge < -0.3 is 9.47 Å². The van der Waals surface area contributed by atoms with Crippen LogP contribution in [0.5, 0.6) is 11.5 Å². The first kappa shape index (κ1) is 24.8. The summed E-state index contributed by atoms with van der Waals surface area (Å²) in [6, 6.07) is 17.7. The van der Waals surface area contributed by atoms with Crippen molar-refractivity contribution in [1.29, 1.82) is 0 Å². The molecule has 3 aromatic rings. The monoisotopic (exact) mass is 483 g/mol. The highest BCUT2D eigenvalue weighted by molar-refractivity contribution is 5.97. The summed E-state index contributed by atoms with van der Waals surface area (Å²) in [4.78, 5) is 15.3. The molecular weight excluding hydrogens is 455 g/mol. The number of ether oxygens (including phenoxy) is 2. The predicted molar refractivity (Wildman–Crippen MR) is 127 cm³/mol. The predicted octanol–water partition coefficient (Wildman–Crippen LogP) is 6.93. The molecule has 4 nitrogen and oxygen atoms in total. The maximum absolute atomic E-state index is 14.4. The van der Waals surface area contributed by atoms with Gasteiger partial charge in [0.05, 0.1) is 5.56 Å². The van der Waals surface area contributed by atoms with Crippen LogP contribution < -0.4 is 9.47 Å². The van der Waals surface area contributed by atoms with Crippen molar-refractivity contribution >= 4 is 5.97 Å². The van der Waals surface area contributed by atoms with Crippen LogP contribution in [0.2, 0.25) is 0 Å². The Morgan fingerprint density at radius 1 is 1.00 bits per heavy atom. The Kier molecular flexibility index (Phi) is 7.17. The Bertz CT molecular complexity index is 1190. The van der Waals surface area contributed by atoms with Gasteiger partial charge in [-0.3, -0.25) is 4.90 Å². The number of hydrogen-bond acceptors (Lipinski definition) is 4. The van der Waals surface area contributed by atoms with Crippen LogP contribution in [0.3, 0.4) is 0 Å². The zero-order chi connectivity index (χ0) is 25.2. The first-order chi connectivity index (χ1) is 16.7. The lowest BCUT2D eigenvalue weighted by Gasteiger charge is -2.22. The largest absolute Gasteiger partial charge is 0.488 e. The minimum absolute atomic E-state index is 0.0745. The Morgan fingerprint density at radius 3 is 2.20 bits per heavy atom. The molecule has 35 heavy (non-hydrogen) atoms. The van der Waals surface area contributed by atoms with E-state index in [4.69, 9.17) is 9.47 Å². The molecule has 0 aromatic heterocycles. The Labute approximate surface area is 203 Å². The van der Waals surface area contributed by atoms with E-state index in [1.807, 2.05) is 49.1 Å². The molecule has 0 fully saturated rings. The number of para-hydroxylation sites is 1. The van der Waals surface area contributed by atoms with Gasteiger partial charge >= 0.3 is 12.1 Å². The smallest absolute Gasteiger partial charge is 0.417 e. The van der Waals surface area contributed by atoms with Crippen LogP contribution in [-0.2, 0) is 25.9 Å². The topological polar surface area (TPSA) is 38.8 Å². The molecule has 0 unspecified atom stereocenters. The van der Waals surface area contributed by atoms with Crippen molar-refractivity contribution in [2.24, 2.45) is 0 Å². The van der Waals surface area contributed by atoms with Gasteiger partial charge in [-0.15, -0.1) is 0 Å². The van der Waals surface area contributed by atoms with E-state index in [1.54, 1.807) is 30.3 Å². The number of hydrogen-bond donors (Lipinski definition) is 0. The lowest BCUT2D eigenvalue weighted by molar-refractivity contribution is -0.138. The molecule has 3 aromatic carbocycles. The summed E-state index contributed by atoms with van der Waals surface area (Å²) in [5.74, 6) is -0.450. The van der Waals surface area contributed by atoms with Gasteiger partial charge in [0.1, 0.15) is 23.7 Å². The SMILES string of the molecule is CC[C@@H](C)N1Cc2c(c(C(F)(F)F)c(C)c(C(=O)Oc3ccccc3)c2OCc2ccccc2)C1. The van der Waals surface area contributed by atoms with E-state index in [-0.39, 0.29) is 53.9 Å². The van der Waals surface area contributed by atoms with Crippen LogP contribution >= 0.6 is 0 Å². The van der Waals surface area contributed by atoms with Crippen molar-refractivity contribution in [3.63, 3.8) is 0 Å². The molecule has 0 radical (unpaired) electrons. The summed E-state index contributed by atoms with van der Waals surface area (Å²) in [5.41, 5.74) is 0.297. The van der Waals surface area contributed by atoms with Crippen LogP contribution in [0.1, 0.15) is 58.4 Å². The molecule has 4 rings (SSSR count). The zero-order valence-electron chi connectivity index (χ0n) is 20.0. The van der Waals surface area contributed by atoms with E-state index in [1.165, 1.54) is 6.92 Å². The Morgan fingerprint density at radius 2 is 1.60 bits per heavy atom. The molecule has 0 spiro atoms. The van der Waals surface area contributed by atoms with E-state index in [9.17, 15) is 18.0 Å². The van der Waals surface area contributed by atoms with Gasteiger partial charge in [0.15, 0.2) is 0 Å². The third-order valence-corrected chi connectivity index (χ3v) is 6.52. The second-order valence-electron chi connectivity index (χ2n) is 8.80. The van der Waals surface area contributed by atoms with Crippen molar-refractivity contribution in [2.75, 3.05) is 0 Å². The fourth-order valence-electron chi connectivity index (χ4n) is 4.50. The van der Waals surface area contributed by atoms with Crippen molar-refractivity contribution in [3.05, 3.63) is 94.0 Å². The minimum atomic E-state index is -4.63. The second kappa shape index (κ2) is 10.1. The first-order valence-corrected chi connectivity index (χ1v) is 11.6. The number of halogens is 3. The number of fused-ring (bicyclic) bond motifs is 1. The molecule has 0 saturated heterocycles. The second-order valence-corrected chi connectivity index (χ2v) is 8.80. The number of alkyl halides is 3. The number of rotatable bonds is 7. The average Bonchev–Trinajstić information content (AvgIpc) is 3.26. The molecule has 1 atom stereocenters. The van der Waals surface area contributed by atoms with E-state index in [0.29, 0.717) is 5.56 Å². The summed E-state index contributed by atoms with van der Waals surface area (Å²) in [5, 5.41) is 0. The molecule has 1 aliphatic heterocycles. The van der Waals surface area contributed by atoms with E-state index in [0.717, 1.165) is 12.0 Å². The highest BCUT2D eigenvalue weighted by atomic mass is 19.4. The molecule has 1 heterocycles. The lowest BCUT2D eigenvalue weighted by Crippen LogP contribution is -2.27. The van der Waals surface area contributed by atoms with Crippen LogP contribution in [-0.4, -0.2) is 16.9 Å². The van der Waals surface area contributed by atoms with Crippen LogP contribution in [0.25, 0.3) is 0 Å². The Balaban J connectivity index is 1.86. The van der Waals surface area contributed by atoms with Gasteiger partial charge in [-0.2, -0.15) is 13.2 Å². The average molecular weight is 484 g/mol. The summed E-state index contributed by atoms with van der Waals surface area (Å²) >= 11 is 0. The standard InChI is InChI=1S/C28H28F3NO3/c1-4-18(2)32-15-22-23(16-32)26(34-17-20-11-7-5-8-12-20)24(19(3)25(22)28(29,30)31)27(33)35-21-13-9-6-10-14-21/h5-14,18H,4,15-17H2,1-3H3/t18-/m1/s1. The van der Waals surface area contributed by atoms with E-state index in [2.05, 4.69) is 0 Å². The summed E-state index contributed by atoms with van der Waals surface area (Å²) in [7, 11) is 0. The van der Waals surface area contributed by atoms with Gasteiger partial charge in [-0.1, -0.05) is 55.5 Å². The normalized spacial score (nSPS) is 14.5. The molecule has 0 aliphatic carbocycles. The number of esters is 1. The third-order valence-electron chi connectivity index (χ3n) is 6.52. The first-order valence-electron chi connectivity index (χ1n) is 11.6. The van der Waals surface area contributed by atoms with Crippen molar-refractivity contribution in [1.82, 2.24) is 4.90 Å². The number of carbonyl (C=O) groups is 1. The summed E-state index contributed by atoms with van der Waals surface area (Å²) in [6.07, 6.45) is -3.84. The molecule has 7 heteroatoms. The van der Waals surface area contributed by atoms with E-state index < -0.39 is 17.7 Å². The highest BCUT2D eigenvalue weighted by Gasteiger charge is 2.43. The number of benzene rings is 3. The molecule has 0 N–H and O–H groups in total. The maximum atomic E-state index is 14.4.